The smallest absolute Gasteiger partial charge is 0.268 e. The number of halogens is 3. The Bertz CT molecular complexity index is 841. The number of rotatable bonds is 0. The van der Waals surface area contributed by atoms with E-state index in [4.69, 9.17) is 0 Å². The van der Waals surface area contributed by atoms with Crippen LogP contribution in [0.4, 0.5) is 13.2 Å². The monoisotopic (exact) mass is 266 g/mol. The van der Waals surface area contributed by atoms with Gasteiger partial charge in [0, 0.05) is 12.4 Å². The zero-order chi connectivity index (χ0) is 13.6. The molecule has 3 rings (SSSR count). The summed E-state index contributed by atoms with van der Waals surface area (Å²) >= 11 is 0. The zero-order valence-electron chi connectivity index (χ0n) is 9.22. The minimum absolute atomic E-state index is 0.0586. The molecular weight excluding hydrogens is 261 g/mol. The molecule has 96 valence electrons. The van der Waals surface area contributed by atoms with Crippen molar-refractivity contribution in [1.29, 1.82) is 0 Å². The molecule has 0 fully saturated rings. The fourth-order valence-corrected chi connectivity index (χ4v) is 1.68. The van der Waals surface area contributed by atoms with Crippen molar-refractivity contribution in [2.24, 2.45) is 0 Å². The van der Waals surface area contributed by atoms with Crippen molar-refractivity contribution < 1.29 is 13.2 Å². The number of aromatic nitrogens is 4. The van der Waals surface area contributed by atoms with Crippen molar-refractivity contribution >= 4 is 16.7 Å². The van der Waals surface area contributed by atoms with Crippen LogP contribution in [-0.4, -0.2) is 19.4 Å². The van der Waals surface area contributed by atoms with Gasteiger partial charge in [-0.15, -0.1) is 0 Å². The molecule has 8 heteroatoms. The molecule has 0 atom stereocenters. The van der Waals surface area contributed by atoms with E-state index in [-0.39, 0.29) is 16.7 Å². The SMILES string of the molecule is O=c1c2cnc(C(F)(F)F)nc2nc2ccccn12. The van der Waals surface area contributed by atoms with Crippen molar-refractivity contribution in [1.82, 2.24) is 19.4 Å². The number of hydrogen-bond acceptors (Lipinski definition) is 4. The van der Waals surface area contributed by atoms with Gasteiger partial charge in [0.2, 0.25) is 5.82 Å². The first-order chi connectivity index (χ1) is 8.97. The van der Waals surface area contributed by atoms with E-state index in [2.05, 4.69) is 15.0 Å². The minimum Gasteiger partial charge on any atom is -0.268 e. The summed E-state index contributed by atoms with van der Waals surface area (Å²) in [5.41, 5.74) is -0.542. The normalized spacial score (nSPS) is 12.2. The van der Waals surface area contributed by atoms with E-state index in [1.54, 1.807) is 12.1 Å². The largest absolute Gasteiger partial charge is 0.451 e. The fraction of sp³-hybridized carbons (Fsp3) is 0.0909. The summed E-state index contributed by atoms with van der Waals surface area (Å²) in [4.78, 5) is 22.4. The van der Waals surface area contributed by atoms with Crippen LogP contribution in [0.3, 0.4) is 0 Å². The maximum absolute atomic E-state index is 12.5. The second-order valence-corrected chi connectivity index (χ2v) is 3.77. The maximum atomic E-state index is 12.5. The summed E-state index contributed by atoms with van der Waals surface area (Å²) < 4.78 is 38.7. The number of nitrogens with zero attached hydrogens (tertiary/aromatic N) is 4. The molecule has 0 N–H and O–H groups in total. The zero-order valence-corrected chi connectivity index (χ0v) is 9.22. The third-order valence-corrected chi connectivity index (χ3v) is 2.53. The van der Waals surface area contributed by atoms with Gasteiger partial charge in [-0.1, -0.05) is 6.07 Å². The van der Waals surface area contributed by atoms with Crippen molar-refractivity contribution in [3.63, 3.8) is 0 Å². The number of alkyl halides is 3. The summed E-state index contributed by atoms with van der Waals surface area (Å²) in [7, 11) is 0. The molecule has 0 saturated carbocycles. The topological polar surface area (TPSA) is 60.2 Å². The molecule has 3 aromatic heterocycles. The van der Waals surface area contributed by atoms with Gasteiger partial charge in [0.1, 0.15) is 11.0 Å². The van der Waals surface area contributed by atoms with Gasteiger partial charge >= 0.3 is 6.18 Å². The highest BCUT2D eigenvalue weighted by molar-refractivity contribution is 5.74. The van der Waals surface area contributed by atoms with Crippen molar-refractivity contribution in [2.45, 2.75) is 6.18 Å². The average molecular weight is 266 g/mol. The van der Waals surface area contributed by atoms with Gasteiger partial charge in [-0.25, -0.2) is 15.0 Å². The van der Waals surface area contributed by atoms with Crippen LogP contribution < -0.4 is 5.56 Å². The summed E-state index contributed by atoms with van der Waals surface area (Å²) in [5.74, 6) is -1.31. The number of fused-ring (bicyclic) bond motifs is 2. The standard InChI is InChI=1S/C11H5F3N4O/c12-11(13,14)10-15-5-6-8(17-10)16-7-3-1-2-4-18(7)9(6)19/h1-5H. The lowest BCUT2D eigenvalue weighted by Crippen LogP contribution is -2.18. The molecule has 19 heavy (non-hydrogen) atoms. The highest BCUT2D eigenvalue weighted by Crippen LogP contribution is 2.26. The highest BCUT2D eigenvalue weighted by atomic mass is 19.4. The van der Waals surface area contributed by atoms with Gasteiger partial charge in [-0.05, 0) is 12.1 Å². The van der Waals surface area contributed by atoms with Crippen molar-refractivity contribution in [2.75, 3.05) is 0 Å². The van der Waals surface area contributed by atoms with Crippen LogP contribution in [-0.2, 0) is 6.18 Å². The van der Waals surface area contributed by atoms with E-state index in [1.807, 2.05) is 0 Å². The van der Waals surface area contributed by atoms with Crippen molar-refractivity contribution in [3.05, 3.63) is 46.8 Å². The van der Waals surface area contributed by atoms with Gasteiger partial charge in [-0.3, -0.25) is 9.20 Å². The number of hydrogen-bond donors (Lipinski definition) is 0. The van der Waals surface area contributed by atoms with Crippen LogP contribution in [0.5, 0.6) is 0 Å². The molecular formula is C11H5F3N4O. The summed E-state index contributed by atoms with van der Waals surface area (Å²) in [6, 6.07) is 4.75. The first-order valence-electron chi connectivity index (χ1n) is 5.18. The second kappa shape index (κ2) is 3.74. The van der Waals surface area contributed by atoms with Crippen LogP contribution >= 0.6 is 0 Å². The summed E-state index contributed by atoms with van der Waals surface area (Å²) in [6.07, 6.45) is -2.35. The quantitative estimate of drug-likeness (QED) is 0.580. The first-order valence-corrected chi connectivity index (χ1v) is 5.18. The molecule has 0 aliphatic rings. The molecule has 0 radical (unpaired) electrons. The lowest BCUT2D eigenvalue weighted by atomic mass is 10.3. The average Bonchev–Trinajstić information content (AvgIpc) is 2.37. The van der Waals surface area contributed by atoms with Gasteiger partial charge in [-0.2, -0.15) is 13.2 Å². The predicted octanol–water partition coefficient (Wildman–Crippen LogP) is 1.66. The lowest BCUT2D eigenvalue weighted by molar-refractivity contribution is -0.144. The van der Waals surface area contributed by atoms with Gasteiger partial charge in [0.05, 0.1) is 0 Å². The molecule has 0 aliphatic carbocycles. The third kappa shape index (κ3) is 1.81. The summed E-state index contributed by atoms with van der Waals surface area (Å²) in [5, 5.41) is -0.0586. The molecule has 3 heterocycles. The van der Waals surface area contributed by atoms with Crippen LogP contribution in [0.1, 0.15) is 5.82 Å². The van der Waals surface area contributed by atoms with E-state index >= 15 is 0 Å². The van der Waals surface area contributed by atoms with Crippen LogP contribution in [0.25, 0.3) is 16.7 Å². The third-order valence-electron chi connectivity index (χ3n) is 2.53. The Balaban J connectivity index is 2.42. The van der Waals surface area contributed by atoms with E-state index in [9.17, 15) is 18.0 Å². The van der Waals surface area contributed by atoms with E-state index < -0.39 is 17.6 Å². The number of pyridine rings is 1. The Morgan fingerprint density at radius 3 is 2.68 bits per heavy atom. The molecule has 0 saturated heterocycles. The Morgan fingerprint density at radius 2 is 1.95 bits per heavy atom. The Hall–Kier alpha value is -2.51. The Kier molecular flexibility index (Phi) is 2.28. The van der Waals surface area contributed by atoms with E-state index in [0.29, 0.717) is 0 Å². The van der Waals surface area contributed by atoms with E-state index in [1.165, 1.54) is 16.7 Å². The molecule has 3 aromatic rings. The molecule has 0 bridgehead atoms. The van der Waals surface area contributed by atoms with Gasteiger partial charge in [0.25, 0.3) is 5.56 Å². The van der Waals surface area contributed by atoms with Crippen LogP contribution in [0, 0.1) is 0 Å². The molecule has 0 aliphatic heterocycles. The Labute approximate surface area is 103 Å². The first kappa shape index (κ1) is 11.6. The molecule has 5 nitrogen and oxygen atoms in total. The van der Waals surface area contributed by atoms with Gasteiger partial charge in [0.15, 0.2) is 5.65 Å². The molecule has 0 spiro atoms. The molecule has 0 unspecified atom stereocenters. The molecule has 0 amide bonds. The summed E-state index contributed by atoms with van der Waals surface area (Å²) in [6.45, 7) is 0. The highest BCUT2D eigenvalue weighted by Gasteiger charge is 2.35. The maximum Gasteiger partial charge on any atom is 0.451 e. The molecule has 0 aromatic carbocycles. The van der Waals surface area contributed by atoms with Crippen LogP contribution in [0.2, 0.25) is 0 Å². The predicted molar refractivity (Wildman–Crippen MR) is 59.6 cm³/mol. The van der Waals surface area contributed by atoms with Gasteiger partial charge < -0.3 is 0 Å². The lowest BCUT2D eigenvalue weighted by Gasteiger charge is -2.06. The second-order valence-electron chi connectivity index (χ2n) is 3.77. The Morgan fingerprint density at radius 1 is 1.16 bits per heavy atom. The van der Waals surface area contributed by atoms with Crippen LogP contribution in [0.15, 0.2) is 35.4 Å². The van der Waals surface area contributed by atoms with Crippen molar-refractivity contribution in [3.8, 4) is 0 Å². The minimum atomic E-state index is -4.67. The van der Waals surface area contributed by atoms with E-state index in [0.717, 1.165) is 6.20 Å². The fourth-order valence-electron chi connectivity index (χ4n) is 1.68.